The molecule has 0 aliphatic rings. The third-order valence-corrected chi connectivity index (χ3v) is 2.62. The molecule has 13 heavy (non-hydrogen) atoms. The lowest BCUT2D eigenvalue weighted by Crippen LogP contribution is -2.07. The van der Waals surface area contributed by atoms with Gasteiger partial charge in [-0.25, -0.2) is 0 Å². The van der Waals surface area contributed by atoms with Crippen LogP contribution >= 0.6 is 31.9 Å². The first kappa shape index (κ1) is 11.2. The SMILES string of the molecule is BrCCOC(CBr)c1ccccc1. The van der Waals surface area contributed by atoms with Crippen LogP contribution in [-0.4, -0.2) is 17.3 Å². The molecule has 0 amide bonds. The van der Waals surface area contributed by atoms with Crippen molar-refractivity contribution in [3.63, 3.8) is 0 Å². The van der Waals surface area contributed by atoms with Crippen LogP contribution in [0.25, 0.3) is 0 Å². The predicted molar refractivity (Wildman–Crippen MR) is 62.7 cm³/mol. The highest BCUT2D eigenvalue weighted by molar-refractivity contribution is 9.09. The van der Waals surface area contributed by atoms with Crippen molar-refractivity contribution in [2.45, 2.75) is 6.10 Å². The fourth-order valence-corrected chi connectivity index (χ4v) is 1.83. The summed E-state index contributed by atoms with van der Waals surface area (Å²) >= 11 is 6.78. The molecular formula is C10H12Br2O. The van der Waals surface area contributed by atoms with Crippen molar-refractivity contribution in [2.75, 3.05) is 17.3 Å². The van der Waals surface area contributed by atoms with Gasteiger partial charge in [0.2, 0.25) is 0 Å². The summed E-state index contributed by atoms with van der Waals surface area (Å²) in [4.78, 5) is 0. The molecule has 1 nitrogen and oxygen atoms in total. The summed E-state index contributed by atoms with van der Waals surface area (Å²) in [6.07, 6.45) is 0.166. The van der Waals surface area contributed by atoms with Crippen LogP contribution in [0, 0.1) is 0 Å². The summed E-state index contributed by atoms with van der Waals surface area (Å²) in [5.74, 6) is 0. The highest BCUT2D eigenvalue weighted by Crippen LogP contribution is 2.19. The molecule has 0 N–H and O–H groups in total. The number of hydrogen-bond acceptors (Lipinski definition) is 1. The van der Waals surface area contributed by atoms with E-state index in [0.29, 0.717) is 0 Å². The Morgan fingerprint density at radius 2 is 1.85 bits per heavy atom. The Morgan fingerprint density at radius 1 is 1.15 bits per heavy atom. The Balaban J connectivity index is 2.56. The van der Waals surface area contributed by atoms with Crippen LogP contribution in [0.5, 0.6) is 0 Å². The Bertz CT molecular complexity index is 226. The number of rotatable bonds is 5. The van der Waals surface area contributed by atoms with E-state index in [2.05, 4.69) is 44.0 Å². The molecule has 1 aromatic carbocycles. The standard InChI is InChI=1S/C10H12Br2O/c11-6-7-13-10(8-12)9-4-2-1-3-5-9/h1-5,10H,6-8H2. The van der Waals surface area contributed by atoms with E-state index in [1.807, 2.05) is 18.2 Å². The maximum absolute atomic E-state index is 5.63. The largest absolute Gasteiger partial charge is 0.372 e. The van der Waals surface area contributed by atoms with Crippen molar-refractivity contribution in [1.29, 1.82) is 0 Å². The van der Waals surface area contributed by atoms with Gasteiger partial charge in [-0.2, -0.15) is 0 Å². The van der Waals surface area contributed by atoms with E-state index in [9.17, 15) is 0 Å². The van der Waals surface area contributed by atoms with Gasteiger partial charge in [-0.1, -0.05) is 62.2 Å². The second kappa shape index (κ2) is 6.57. The summed E-state index contributed by atoms with van der Waals surface area (Å²) in [6.45, 7) is 0.741. The van der Waals surface area contributed by atoms with Crippen molar-refractivity contribution in [2.24, 2.45) is 0 Å². The summed E-state index contributed by atoms with van der Waals surface area (Å²) in [5.41, 5.74) is 1.22. The monoisotopic (exact) mass is 306 g/mol. The molecule has 0 radical (unpaired) electrons. The van der Waals surface area contributed by atoms with E-state index < -0.39 is 0 Å². The summed E-state index contributed by atoms with van der Waals surface area (Å²) in [7, 11) is 0. The van der Waals surface area contributed by atoms with E-state index in [1.54, 1.807) is 0 Å². The van der Waals surface area contributed by atoms with E-state index >= 15 is 0 Å². The van der Waals surface area contributed by atoms with Crippen LogP contribution < -0.4 is 0 Å². The second-order valence-electron chi connectivity index (χ2n) is 2.61. The highest BCUT2D eigenvalue weighted by Gasteiger charge is 2.08. The number of benzene rings is 1. The average molecular weight is 308 g/mol. The Labute approximate surface area is 95.7 Å². The van der Waals surface area contributed by atoms with E-state index in [4.69, 9.17) is 4.74 Å². The summed E-state index contributed by atoms with van der Waals surface area (Å²) < 4.78 is 5.63. The Morgan fingerprint density at radius 3 is 2.38 bits per heavy atom. The van der Waals surface area contributed by atoms with E-state index in [-0.39, 0.29) is 6.10 Å². The quantitative estimate of drug-likeness (QED) is 0.756. The molecule has 0 saturated carbocycles. The van der Waals surface area contributed by atoms with Gasteiger partial charge in [0.1, 0.15) is 0 Å². The third kappa shape index (κ3) is 3.79. The minimum Gasteiger partial charge on any atom is -0.372 e. The lowest BCUT2D eigenvalue weighted by molar-refractivity contribution is 0.0833. The van der Waals surface area contributed by atoms with Gasteiger partial charge >= 0.3 is 0 Å². The van der Waals surface area contributed by atoms with Crippen molar-refractivity contribution < 1.29 is 4.74 Å². The average Bonchev–Trinajstić information content (AvgIpc) is 2.21. The van der Waals surface area contributed by atoms with E-state index in [0.717, 1.165) is 17.3 Å². The lowest BCUT2D eigenvalue weighted by Gasteiger charge is -2.14. The van der Waals surface area contributed by atoms with Gasteiger partial charge in [0.05, 0.1) is 12.7 Å². The normalized spacial score (nSPS) is 12.8. The number of ether oxygens (including phenoxy) is 1. The molecule has 1 rings (SSSR count). The molecule has 0 heterocycles. The lowest BCUT2D eigenvalue weighted by atomic mass is 10.1. The van der Waals surface area contributed by atoms with Crippen LogP contribution in [-0.2, 0) is 4.74 Å². The van der Waals surface area contributed by atoms with Gasteiger partial charge in [0.25, 0.3) is 0 Å². The second-order valence-corrected chi connectivity index (χ2v) is 4.05. The highest BCUT2D eigenvalue weighted by atomic mass is 79.9. The number of hydrogen-bond donors (Lipinski definition) is 0. The van der Waals surface area contributed by atoms with Gasteiger partial charge in [0, 0.05) is 10.7 Å². The third-order valence-electron chi connectivity index (χ3n) is 1.71. The molecule has 3 heteroatoms. The van der Waals surface area contributed by atoms with Crippen molar-refractivity contribution in [3.8, 4) is 0 Å². The van der Waals surface area contributed by atoms with Gasteiger partial charge in [-0.05, 0) is 5.56 Å². The predicted octanol–water partition coefficient (Wildman–Crippen LogP) is 3.53. The van der Waals surface area contributed by atoms with Crippen LogP contribution in [0.1, 0.15) is 11.7 Å². The molecule has 0 aliphatic heterocycles. The number of halogens is 2. The topological polar surface area (TPSA) is 9.23 Å². The molecule has 72 valence electrons. The fraction of sp³-hybridized carbons (Fsp3) is 0.400. The van der Waals surface area contributed by atoms with Gasteiger partial charge in [-0.3, -0.25) is 0 Å². The minimum absolute atomic E-state index is 0.166. The maximum Gasteiger partial charge on any atom is 0.0922 e. The van der Waals surface area contributed by atoms with Crippen LogP contribution in [0.4, 0.5) is 0 Å². The summed E-state index contributed by atoms with van der Waals surface area (Å²) in [6, 6.07) is 10.2. The first-order chi connectivity index (χ1) is 6.38. The first-order valence-electron chi connectivity index (χ1n) is 4.17. The molecule has 1 unspecified atom stereocenters. The smallest absolute Gasteiger partial charge is 0.0922 e. The molecule has 0 fully saturated rings. The first-order valence-corrected chi connectivity index (χ1v) is 6.41. The van der Waals surface area contributed by atoms with Crippen LogP contribution in [0.15, 0.2) is 30.3 Å². The Hall–Kier alpha value is 0.140. The van der Waals surface area contributed by atoms with Crippen molar-refractivity contribution >= 4 is 31.9 Å². The van der Waals surface area contributed by atoms with E-state index in [1.165, 1.54) is 5.56 Å². The van der Waals surface area contributed by atoms with Gasteiger partial charge < -0.3 is 4.74 Å². The molecule has 0 aliphatic carbocycles. The number of alkyl halides is 2. The van der Waals surface area contributed by atoms with Gasteiger partial charge in [-0.15, -0.1) is 0 Å². The van der Waals surface area contributed by atoms with Crippen molar-refractivity contribution in [1.82, 2.24) is 0 Å². The summed E-state index contributed by atoms with van der Waals surface area (Å²) in [5, 5.41) is 1.72. The zero-order chi connectivity index (χ0) is 9.52. The molecule has 0 aromatic heterocycles. The molecular weight excluding hydrogens is 296 g/mol. The van der Waals surface area contributed by atoms with Gasteiger partial charge in [0.15, 0.2) is 0 Å². The molecule has 1 atom stereocenters. The molecule has 0 bridgehead atoms. The molecule has 1 aromatic rings. The van der Waals surface area contributed by atoms with Crippen LogP contribution in [0.3, 0.4) is 0 Å². The molecule has 0 saturated heterocycles. The zero-order valence-corrected chi connectivity index (χ0v) is 10.4. The minimum atomic E-state index is 0.166. The zero-order valence-electron chi connectivity index (χ0n) is 7.25. The van der Waals surface area contributed by atoms with Crippen LogP contribution in [0.2, 0.25) is 0 Å². The molecule has 0 spiro atoms. The fourth-order valence-electron chi connectivity index (χ4n) is 1.08. The van der Waals surface area contributed by atoms with Crippen molar-refractivity contribution in [3.05, 3.63) is 35.9 Å². The Kier molecular flexibility index (Phi) is 5.67. The maximum atomic E-state index is 5.63.